The molecule has 156 valence electrons. The number of aliphatic hydroxyl groups is 1. The van der Waals surface area contributed by atoms with Crippen LogP contribution in [0.15, 0.2) is 78.9 Å². The number of hydrogen-bond donors (Lipinski definition) is 3. The van der Waals surface area contributed by atoms with Crippen LogP contribution in [0, 0.1) is 0 Å². The Labute approximate surface area is 181 Å². The fraction of sp³-hybridized carbons (Fsp3) is 0.160. The molecule has 2 aromatic carbocycles. The molecule has 4 aromatic rings. The van der Waals surface area contributed by atoms with Gasteiger partial charge in [-0.2, -0.15) is 0 Å². The van der Waals surface area contributed by atoms with Crippen molar-refractivity contribution in [1.82, 2.24) is 15.3 Å². The van der Waals surface area contributed by atoms with Crippen LogP contribution < -0.4 is 10.6 Å². The number of amides is 2. The first-order chi connectivity index (χ1) is 15.1. The van der Waals surface area contributed by atoms with Crippen molar-refractivity contribution in [2.24, 2.45) is 0 Å². The minimum atomic E-state index is -0.565. The molecule has 0 spiro atoms. The smallest absolute Gasteiger partial charge is 0.320 e. The van der Waals surface area contributed by atoms with Gasteiger partial charge in [0.05, 0.1) is 22.8 Å². The summed E-state index contributed by atoms with van der Waals surface area (Å²) in [6.45, 7) is 2.05. The van der Waals surface area contributed by atoms with Crippen molar-refractivity contribution in [3.63, 3.8) is 0 Å². The van der Waals surface area contributed by atoms with Crippen molar-refractivity contribution in [2.75, 3.05) is 11.9 Å². The molecular weight excluding hydrogens is 388 g/mol. The van der Waals surface area contributed by atoms with Crippen LogP contribution in [-0.4, -0.2) is 33.8 Å². The molecule has 0 aliphatic heterocycles. The molecule has 6 nitrogen and oxygen atoms in total. The van der Waals surface area contributed by atoms with Crippen LogP contribution in [0.2, 0.25) is 0 Å². The summed E-state index contributed by atoms with van der Waals surface area (Å²) in [5, 5.41) is 15.0. The number of urea groups is 1. The number of anilines is 1. The third-order valence-electron chi connectivity index (χ3n) is 5.01. The Bertz CT molecular complexity index is 1180. The number of carbonyl (C=O) groups is 1. The Morgan fingerprint density at radius 2 is 1.58 bits per heavy atom. The van der Waals surface area contributed by atoms with Crippen molar-refractivity contribution in [2.45, 2.75) is 19.4 Å². The zero-order valence-corrected chi connectivity index (χ0v) is 17.2. The lowest BCUT2D eigenvalue weighted by Gasteiger charge is -2.13. The summed E-state index contributed by atoms with van der Waals surface area (Å²) in [7, 11) is 0. The second-order valence-electron chi connectivity index (χ2n) is 7.25. The van der Waals surface area contributed by atoms with Gasteiger partial charge in [0, 0.05) is 17.7 Å². The van der Waals surface area contributed by atoms with E-state index in [4.69, 9.17) is 4.98 Å². The molecule has 0 bridgehead atoms. The van der Waals surface area contributed by atoms with Gasteiger partial charge >= 0.3 is 6.03 Å². The molecule has 0 aliphatic rings. The predicted molar refractivity (Wildman–Crippen MR) is 124 cm³/mol. The third kappa shape index (κ3) is 4.87. The van der Waals surface area contributed by atoms with Crippen molar-refractivity contribution >= 4 is 22.9 Å². The van der Waals surface area contributed by atoms with E-state index in [0.717, 1.165) is 27.9 Å². The van der Waals surface area contributed by atoms with E-state index in [1.165, 1.54) is 0 Å². The van der Waals surface area contributed by atoms with E-state index >= 15 is 0 Å². The minimum absolute atomic E-state index is 0.191. The molecule has 0 aliphatic carbocycles. The maximum absolute atomic E-state index is 12.1. The van der Waals surface area contributed by atoms with E-state index < -0.39 is 12.1 Å². The van der Waals surface area contributed by atoms with Crippen molar-refractivity contribution < 1.29 is 9.90 Å². The van der Waals surface area contributed by atoms with E-state index in [2.05, 4.69) is 15.6 Å². The molecule has 2 aromatic heterocycles. The Morgan fingerprint density at radius 3 is 2.26 bits per heavy atom. The van der Waals surface area contributed by atoms with Gasteiger partial charge in [-0.15, -0.1) is 0 Å². The summed E-state index contributed by atoms with van der Waals surface area (Å²) in [5.74, 6) is 0.421. The van der Waals surface area contributed by atoms with Gasteiger partial charge < -0.3 is 10.4 Å². The van der Waals surface area contributed by atoms with Gasteiger partial charge in [-0.25, -0.2) is 14.8 Å². The lowest BCUT2D eigenvalue weighted by atomic mass is 9.98. The fourth-order valence-corrected chi connectivity index (χ4v) is 3.29. The van der Waals surface area contributed by atoms with Crippen molar-refractivity contribution in [3.8, 4) is 22.4 Å². The summed E-state index contributed by atoms with van der Waals surface area (Å²) < 4.78 is 0. The standard InChI is InChI=1S/C25H24N4O2/c1-2-19(30)16-26-25(31)29-23-14-13-21-22(27-23)15-20(17-9-5-3-6-10-17)24(28-21)18-11-7-4-8-12-18/h3-15,19,30H,2,16H2,1H3,(H2,26,27,29,31). The third-order valence-corrected chi connectivity index (χ3v) is 5.01. The van der Waals surface area contributed by atoms with E-state index in [0.29, 0.717) is 17.8 Å². The summed E-state index contributed by atoms with van der Waals surface area (Å²) in [5.41, 5.74) is 5.35. The lowest BCUT2D eigenvalue weighted by Crippen LogP contribution is -2.35. The average molecular weight is 412 g/mol. The van der Waals surface area contributed by atoms with Crippen molar-refractivity contribution in [3.05, 3.63) is 78.9 Å². The number of fused-ring (bicyclic) bond motifs is 1. The van der Waals surface area contributed by atoms with Gasteiger partial charge in [0.1, 0.15) is 5.82 Å². The molecule has 2 amide bonds. The SMILES string of the molecule is CCC(O)CNC(=O)Nc1ccc2nc(-c3ccccc3)c(-c3ccccc3)cc2n1. The first kappa shape index (κ1) is 20.5. The molecule has 0 saturated heterocycles. The normalized spacial score (nSPS) is 11.8. The van der Waals surface area contributed by atoms with E-state index in [1.54, 1.807) is 6.07 Å². The number of benzene rings is 2. The van der Waals surface area contributed by atoms with E-state index in [-0.39, 0.29) is 6.54 Å². The Kier molecular flexibility index (Phi) is 6.19. The molecule has 1 atom stereocenters. The quantitative estimate of drug-likeness (QED) is 0.422. The summed E-state index contributed by atoms with van der Waals surface area (Å²) in [4.78, 5) is 21.6. The highest BCUT2D eigenvalue weighted by Gasteiger charge is 2.13. The van der Waals surface area contributed by atoms with Gasteiger partial charge in [0.15, 0.2) is 0 Å². The second-order valence-corrected chi connectivity index (χ2v) is 7.25. The summed E-state index contributed by atoms with van der Waals surface area (Å²) >= 11 is 0. The highest BCUT2D eigenvalue weighted by Crippen LogP contribution is 2.33. The topological polar surface area (TPSA) is 87.1 Å². The molecule has 3 N–H and O–H groups in total. The number of hydrogen-bond acceptors (Lipinski definition) is 4. The van der Waals surface area contributed by atoms with Crippen LogP contribution in [-0.2, 0) is 0 Å². The molecule has 1 unspecified atom stereocenters. The minimum Gasteiger partial charge on any atom is -0.391 e. The molecular formula is C25H24N4O2. The summed E-state index contributed by atoms with van der Waals surface area (Å²) in [6, 6.07) is 25.3. The zero-order valence-electron chi connectivity index (χ0n) is 17.2. The number of aliphatic hydroxyl groups excluding tert-OH is 1. The van der Waals surface area contributed by atoms with Gasteiger partial charge in [0.25, 0.3) is 0 Å². The maximum atomic E-state index is 12.1. The first-order valence-corrected chi connectivity index (χ1v) is 10.3. The number of aromatic nitrogens is 2. The zero-order chi connectivity index (χ0) is 21.6. The molecule has 0 radical (unpaired) electrons. The highest BCUT2D eigenvalue weighted by atomic mass is 16.3. The van der Waals surface area contributed by atoms with Crippen LogP contribution in [0.1, 0.15) is 13.3 Å². The monoisotopic (exact) mass is 412 g/mol. The van der Waals surface area contributed by atoms with Crippen molar-refractivity contribution in [1.29, 1.82) is 0 Å². The molecule has 0 fully saturated rings. The molecule has 0 saturated carbocycles. The molecule has 4 rings (SSSR count). The number of nitrogens with zero attached hydrogens (tertiary/aromatic N) is 2. The van der Waals surface area contributed by atoms with Crippen LogP contribution in [0.4, 0.5) is 10.6 Å². The number of pyridine rings is 2. The van der Waals surface area contributed by atoms with Gasteiger partial charge in [0.2, 0.25) is 0 Å². The lowest BCUT2D eigenvalue weighted by molar-refractivity contribution is 0.168. The highest BCUT2D eigenvalue weighted by molar-refractivity contribution is 5.93. The Balaban J connectivity index is 1.70. The number of carbonyl (C=O) groups excluding carboxylic acids is 1. The molecule has 31 heavy (non-hydrogen) atoms. The van der Waals surface area contributed by atoms with Crippen LogP contribution >= 0.6 is 0 Å². The fourth-order valence-electron chi connectivity index (χ4n) is 3.29. The molecule has 2 heterocycles. The van der Waals surface area contributed by atoms with E-state index in [1.807, 2.05) is 79.7 Å². The summed E-state index contributed by atoms with van der Waals surface area (Å²) in [6.07, 6.45) is 0.0102. The average Bonchev–Trinajstić information content (AvgIpc) is 2.82. The van der Waals surface area contributed by atoms with Crippen LogP contribution in [0.25, 0.3) is 33.4 Å². The maximum Gasteiger partial charge on any atom is 0.320 e. The van der Waals surface area contributed by atoms with Crippen LogP contribution in [0.5, 0.6) is 0 Å². The number of nitrogens with one attached hydrogen (secondary N) is 2. The van der Waals surface area contributed by atoms with Crippen LogP contribution in [0.3, 0.4) is 0 Å². The van der Waals surface area contributed by atoms with Gasteiger partial charge in [-0.1, -0.05) is 67.6 Å². The first-order valence-electron chi connectivity index (χ1n) is 10.3. The Morgan fingerprint density at radius 1 is 0.903 bits per heavy atom. The van der Waals surface area contributed by atoms with Gasteiger partial charge in [-0.05, 0) is 30.2 Å². The van der Waals surface area contributed by atoms with E-state index in [9.17, 15) is 9.90 Å². The Hall–Kier alpha value is -3.77. The number of rotatable bonds is 6. The largest absolute Gasteiger partial charge is 0.391 e. The molecule has 6 heteroatoms. The second kappa shape index (κ2) is 9.36. The van der Waals surface area contributed by atoms with Gasteiger partial charge in [-0.3, -0.25) is 5.32 Å². The predicted octanol–water partition coefficient (Wildman–Crippen LogP) is 4.86.